The van der Waals surface area contributed by atoms with Crippen molar-refractivity contribution in [2.24, 2.45) is 0 Å². The van der Waals surface area contributed by atoms with Crippen LogP contribution in [0.15, 0.2) is 42.5 Å². The molecule has 2 aromatic carbocycles. The predicted molar refractivity (Wildman–Crippen MR) is 84.5 cm³/mol. The number of rotatable bonds is 6. The molecule has 2 rings (SSSR count). The molecule has 4 heteroatoms. The lowest BCUT2D eigenvalue weighted by atomic mass is 10.1. The van der Waals surface area contributed by atoms with E-state index in [9.17, 15) is 4.39 Å². The first-order valence-electron chi connectivity index (χ1n) is 6.91. The van der Waals surface area contributed by atoms with Gasteiger partial charge >= 0.3 is 0 Å². The smallest absolute Gasteiger partial charge is 0.124 e. The fourth-order valence-electron chi connectivity index (χ4n) is 2.19. The van der Waals surface area contributed by atoms with Gasteiger partial charge < -0.3 is 10.1 Å². The predicted octanol–water partition coefficient (Wildman–Crippen LogP) is 4.38. The molecule has 0 aromatic heterocycles. The van der Waals surface area contributed by atoms with Crippen LogP contribution in [0.1, 0.15) is 24.1 Å². The highest BCUT2D eigenvalue weighted by molar-refractivity contribution is 6.31. The van der Waals surface area contributed by atoms with E-state index >= 15 is 0 Å². The summed E-state index contributed by atoms with van der Waals surface area (Å²) in [5.74, 6) is 0.548. The molecule has 1 atom stereocenters. The summed E-state index contributed by atoms with van der Waals surface area (Å²) in [6.07, 6.45) is 0.910. The fourth-order valence-corrected chi connectivity index (χ4v) is 2.52. The second kappa shape index (κ2) is 7.43. The van der Waals surface area contributed by atoms with Crippen molar-refractivity contribution in [2.45, 2.75) is 19.4 Å². The lowest BCUT2D eigenvalue weighted by molar-refractivity contribution is 0.414. The molecule has 0 amide bonds. The summed E-state index contributed by atoms with van der Waals surface area (Å²) in [6.45, 7) is 2.84. The van der Waals surface area contributed by atoms with Crippen LogP contribution < -0.4 is 10.1 Å². The van der Waals surface area contributed by atoms with E-state index < -0.39 is 0 Å². The highest BCUT2D eigenvalue weighted by Gasteiger charge is 2.09. The summed E-state index contributed by atoms with van der Waals surface area (Å²) < 4.78 is 18.2. The van der Waals surface area contributed by atoms with Crippen LogP contribution in [0.4, 0.5) is 4.39 Å². The molecule has 21 heavy (non-hydrogen) atoms. The van der Waals surface area contributed by atoms with Gasteiger partial charge in [0.05, 0.1) is 7.11 Å². The summed E-state index contributed by atoms with van der Waals surface area (Å²) in [5, 5.41) is 3.86. The standard InChI is InChI=1S/C17H19ClFNO/c1-12(16-8-5-14(19)11-17(16)18)20-10-9-13-3-6-15(21-2)7-4-13/h3-8,11-12,20H,9-10H2,1-2H3. The number of nitrogens with one attached hydrogen (secondary N) is 1. The Balaban J connectivity index is 1.87. The molecule has 2 aromatic rings. The quantitative estimate of drug-likeness (QED) is 0.855. The number of methoxy groups -OCH3 is 1. The fraction of sp³-hybridized carbons (Fsp3) is 0.294. The zero-order valence-corrected chi connectivity index (χ0v) is 13.0. The molecule has 0 heterocycles. The van der Waals surface area contributed by atoms with E-state index in [1.807, 2.05) is 19.1 Å². The molecule has 2 nitrogen and oxygen atoms in total. The van der Waals surface area contributed by atoms with Crippen LogP contribution in [0.5, 0.6) is 5.75 Å². The maximum atomic E-state index is 13.0. The normalized spacial score (nSPS) is 12.2. The Labute approximate surface area is 129 Å². The van der Waals surface area contributed by atoms with Gasteiger partial charge in [-0.15, -0.1) is 0 Å². The van der Waals surface area contributed by atoms with Crippen molar-refractivity contribution in [1.29, 1.82) is 0 Å². The number of hydrogen-bond donors (Lipinski definition) is 1. The van der Waals surface area contributed by atoms with E-state index in [1.54, 1.807) is 13.2 Å². The van der Waals surface area contributed by atoms with Crippen LogP contribution in [0.25, 0.3) is 0 Å². The van der Waals surface area contributed by atoms with Gasteiger partial charge in [-0.2, -0.15) is 0 Å². The summed E-state index contributed by atoms with van der Waals surface area (Å²) in [4.78, 5) is 0. The van der Waals surface area contributed by atoms with E-state index in [1.165, 1.54) is 17.7 Å². The van der Waals surface area contributed by atoms with Gasteiger partial charge in [0.25, 0.3) is 0 Å². The van der Waals surface area contributed by atoms with Gasteiger partial charge in [-0.3, -0.25) is 0 Å². The maximum Gasteiger partial charge on any atom is 0.124 e. The van der Waals surface area contributed by atoms with Crippen LogP contribution >= 0.6 is 11.6 Å². The van der Waals surface area contributed by atoms with Crippen molar-refractivity contribution >= 4 is 11.6 Å². The summed E-state index contributed by atoms with van der Waals surface area (Å²) in [6, 6.07) is 12.6. The lowest BCUT2D eigenvalue weighted by Crippen LogP contribution is -2.21. The van der Waals surface area contributed by atoms with E-state index in [2.05, 4.69) is 17.4 Å². The number of ether oxygens (including phenoxy) is 1. The van der Waals surface area contributed by atoms with Gasteiger partial charge in [-0.25, -0.2) is 4.39 Å². The minimum Gasteiger partial charge on any atom is -0.497 e. The number of halogens is 2. The lowest BCUT2D eigenvalue weighted by Gasteiger charge is -2.16. The second-order valence-corrected chi connectivity index (χ2v) is 5.35. The van der Waals surface area contributed by atoms with Gasteiger partial charge in [-0.05, 0) is 55.3 Å². The monoisotopic (exact) mass is 307 g/mol. The molecular formula is C17H19ClFNO. The number of hydrogen-bond acceptors (Lipinski definition) is 2. The zero-order valence-electron chi connectivity index (χ0n) is 12.2. The maximum absolute atomic E-state index is 13.0. The van der Waals surface area contributed by atoms with Crippen LogP contribution in [0.3, 0.4) is 0 Å². The Morgan fingerprint density at radius 3 is 2.52 bits per heavy atom. The minimum atomic E-state index is -0.311. The highest BCUT2D eigenvalue weighted by atomic mass is 35.5. The first-order chi connectivity index (χ1) is 10.1. The summed E-state index contributed by atoms with van der Waals surface area (Å²) >= 11 is 6.06. The van der Waals surface area contributed by atoms with Crippen LogP contribution in [-0.2, 0) is 6.42 Å². The average Bonchev–Trinajstić information content (AvgIpc) is 2.47. The van der Waals surface area contributed by atoms with Crippen molar-refractivity contribution in [3.63, 3.8) is 0 Å². The average molecular weight is 308 g/mol. The highest BCUT2D eigenvalue weighted by Crippen LogP contribution is 2.23. The summed E-state index contributed by atoms with van der Waals surface area (Å²) in [7, 11) is 1.66. The number of benzene rings is 2. The molecular weight excluding hydrogens is 289 g/mol. The molecule has 1 unspecified atom stereocenters. The topological polar surface area (TPSA) is 21.3 Å². The molecule has 0 saturated carbocycles. The Morgan fingerprint density at radius 1 is 1.19 bits per heavy atom. The minimum absolute atomic E-state index is 0.0800. The van der Waals surface area contributed by atoms with Crippen molar-refractivity contribution in [3.8, 4) is 5.75 Å². The van der Waals surface area contributed by atoms with E-state index in [0.717, 1.165) is 24.3 Å². The van der Waals surface area contributed by atoms with Crippen LogP contribution in [-0.4, -0.2) is 13.7 Å². The Hall–Kier alpha value is -1.58. The third kappa shape index (κ3) is 4.45. The molecule has 0 aliphatic heterocycles. The zero-order chi connectivity index (χ0) is 15.2. The van der Waals surface area contributed by atoms with Crippen molar-refractivity contribution < 1.29 is 9.13 Å². The van der Waals surface area contributed by atoms with Gasteiger partial charge in [0.1, 0.15) is 11.6 Å². The molecule has 0 saturated heterocycles. The molecule has 0 bridgehead atoms. The van der Waals surface area contributed by atoms with Gasteiger partial charge in [-0.1, -0.05) is 29.8 Å². The Bertz CT molecular complexity index is 586. The van der Waals surface area contributed by atoms with E-state index in [4.69, 9.17) is 16.3 Å². The van der Waals surface area contributed by atoms with E-state index in [0.29, 0.717) is 5.02 Å². The van der Waals surface area contributed by atoms with Gasteiger partial charge in [0.15, 0.2) is 0 Å². The second-order valence-electron chi connectivity index (χ2n) is 4.94. The van der Waals surface area contributed by atoms with E-state index in [-0.39, 0.29) is 11.9 Å². The molecule has 0 radical (unpaired) electrons. The first kappa shape index (κ1) is 15.8. The van der Waals surface area contributed by atoms with Gasteiger partial charge in [0.2, 0.25) is 0 Å². The molecule has 0 spiro atoms. The summed E-state index contributed by atoms with van der Waals surface area (Å²) in [5.41, 5.74) is 2.15. The Morgan fingerprint density at radius 2 is 1.90 bits per heavy atom. The molecule has 0 aliphatic rings. The molecule has 112 valence electrons. The molecule has 1 N–H and O–H groups in total. The van der Waals surface area contributed by atoms with Crippen molar-refractivity contribution in [2.75, 3.05) is 13.7 Å². The third-order valence-corrected chi connectivity index (χ3v) is 3.78. The first-order valence-corrected chi connectivity index (χ1v) is 7.29. The molecule has 0 aliphatic carbocycles. The van der Waals surface area contributed by atoms with Crippen LogP contribution in [0.2, 0.25) is 5.02 Å². The van der Waals surface area contributed by atoms with Crippen molar-refractivity contribution in [3.05, 3.63) is 64.4 Å². The SMILES string of the molecule is COc1ccc(CCNC(C)c2ccc(F)cc2Cl)cc1. The largest absolute Gasteiger partial charge is 0.497 e. The van der Waals surface area contributed by atoms with Gasteiger partial charge in [0, 0.05) is 11.1 Å². The van der Waals surface area contributed by atoms with Crippen molar-refractivity contribution in [1.82, 2.24) is 5.32 Å². The molecule has 0 fully saturated rings. The Kier molecular flexibility index (Phi) is 5.59. The van der Waals surface area contributed by atoms with Crippen LogP contribution in [0, 0.1) is 5.82 Å². The third-order valence-electron chi connectivity index (χ3n) is 3.45.